The summed E-state index contributed by atoms with van der Waals surface area (Å²) in [5.41, 5.74) is 4.09. The molecule has 0 bridgehead atoms. The first kappa shape index (κ1) is 17.0. The molecule has 1 aliphatic rings. The van der Waals surface area contributed by atoms with Gasteiger partial charge in [0.15, 0.2) is 0 Å². The number of rotatable bonds is 5. The number of anilines is 2. The first-order valence-corrected chi connectivity index (χ1v) is 8.99. The number of aromatic nitrogens is 2. The molecule has 1 aromatic heterocycles. The molecule has 3 N–H and O–H groups in total. The van der Waals surface area contributed by atoms with Crippen LogP contribution in [0.1, 0.15) is 19.3 Å². The highest BCUT2D eigenvalue weighted by Crippen LogP contribution is 2.25. The number of nitrogens with zero attached hydrogens (tertiary/aromatic N) is 1. The monoisotopic (exact) mass is 360 g/mol. The van der Waals surface area contributed by atoms with Crippen molar-refractivity contribution in [1.29, 1.82) is 0 Å². The largest absolute Gasteiger partial charge is 0.338 e. The van der Waals surface area contributed by atoms with Crippen molar-refractivity contribution < 1.29 is 9.59 Å². The van der Waals surface area contributed by atoms with Crippen molar-refractivity contribution in [3.63, 3.8) is 0 Å². The van der Waals surface area contributed by atoms with E-state index in [9.17, 15) is 9.59 Å². The maximum atomic E-state index is 12.3. The third-order valence-corrected chi connectivity index (χ3v) is 4.77. The van der Waals surface area contributed by atoms with Crippen LogP contribution in [0.4, 0.5) is 11.4 Å². The second-order valence-corrected chi connectivity index (χ2v) is 6.63. The van der Waals surface area contributed by atoms with Crippen LogP contribution in [0.3, 0.4) is 0 Å². The Balaban J connectivity index is 1.50. The van der Waals surface area contributed by atoms with E-state index in [1.54, 1.807) is 6.07 Å². The number of aromatic amines is 1. The van der Waals surface area contributed by atoms with Crippen molar-refractivity contribution in [2.75, 3.05) is 10.6 Å². The number of nitrogens with one attached hydrogen (secondary N) is 3. The fourth-order valence-electron chi connectivity index (χ4n) is 3.29. The number of carbonyl (C=O) groups is 2. The van der Waals surface area contributed by atoms with Crippen LogP contribution in [0.15, 0.2) is 54.6 Å². The fourth-order valence-corrected chi connectivity index (χ4v) is 3.29. The van der Waals surface area contributed by atoms with E-state index in [2.05, 4.69) is 32.8 Å². The topological polar surface area (TPSA) is 86.9 Å². The van der Waals surface area contributed by atoms with Gasteiger partial charge >= 0.3 is 0 Å². The predicted octanol–water partition coefficient (Wildman–Crippen LogP) is 4.09. The quantitative estimate of drug-likeness (QED) is 0.473. The molecule has 1 atom stereocenters. The molecule has 1 unspecified atom stereocenters. The molecule has 6 heteroatoms. The van der Waals surface area contributed by atoms with Gasteiger partial charge in [0.2, 0.25) is 12.3 Å². The van der Waals surface area contributed by atoms with Crippen molar-refractivity contribution in [2.24, 2.45) is 5.92 Å². The van der Waals surface area contributed by atoms with Crippen LogP contribution in [0, 0.1) is 5.92 Å². The van der Waals surface area contributed by atoms with E-state index in [4.69, 9.17) is 0 Å². The van der Waals surface area contributed by atoms with Crippen molar-refractivity contribution >= 4 is 34.7 Å². The Labute approximate surface area is 156 Å². The van der Waals surface area contributed by atoms with Crippen LogP contribution in [-0.4, -0.2) is 22.3 Å². The standard InChI is InChI=1S/C21H20N4O2/c26-13-22-17-10-11-18-19(12-17)25-20(24-18)14-6-8-16(9-7-14)23-21(27)15-4-2-1-3-5-15/h1-2,6-13,15H,3-5H2,(H,22,26)(H,23,27)(H,24,25). The first-order chi connectivity index (χ1) is 13.2. The normalized spacial score (nSPS) is 16.2. The average molecular weight is 360 g/mol. The third kappa shape index (κ3) is 3.74. The summed E-state index contributed by atoms with van der Waals surface area (Å²) in [5.74, 6) is 0.869. The number of imidazole rings is 1. The number of hydrogen-bond donors (Lipinski definition) is 3. The Morgan fingerprint density at radius 3 is 2.67 bits per heavy atom. The summed E-state index contributed by atoms with van der Waals surface area (Å²) in [5, 5.41) is 5.62. The Morgan fingerprint density at radius 2 is 1.93 bits per heavy atom. The van der Waals surface area contributed by atoms with Gasteiger partial charge in [-0.05, 0) is 61.7 Å². The number of hydrogen-bond acceptors (Lipinski definition) is 3. The molecule has 0 radical (unpaired) electrons. The molecule has 2 amide bonds. The molecule has 1 aliphatic carbocycles. The molecular formula is C21H20N4O2. The highest BCUT2D eigenvalue weighted by Gasteiger charge is 2.18. The minimum absolute atomic E-state index is 0.0548. The van der Waals surface area contributed by atoms with E-state index >= 15 is 0 Å². The Kier molecular flexibility index (Phi) is 4.70. The number of allylic oxidation sites excluding steroid dienone is 2. The van der Waals surface area contributed by atoms with Crippen LogP contribution in [0.5, 0.6) is 0 Å². The smallest absolute Gasteiger partial charge is 0.227 e. The van der Waals surface area contributed by atoms with Gasteiger partial charge in [0.05, 0.1) is 11.0 Å². The lowest BCUT2D eigenvalue weighted by molar-refractivity contribution is -0.120. The van der Waals surface area contributed by atoms with E-state index in [-0.39, 0.29) is 11.8 Å². The molecule has 4 rings (SSSR count). The van der Waals surface area contributed by atoms with Gasteiger partial charge in [0.1, 0.15) is 5.82 Å². The van der Waals surface area contributed by atoms with Crippen molar-refractivity contribution in [3.8, 4) is 11.4 Å². The van der Waals surface area contributed by atoms with Gasteiger partial charge in [0, 0.05) is 22.9 Å². The summed E-state index contributed by atoms with van der Waals surface area (Å²) in [6.07, 6.45) is 7.53. The summed E-state index contributed by atoms with van der Waals surface area (Å²) >= 11 is 0. The summed E-state index contributed by atoms with van der Waals surface area (Å²) in [7, 11) is 0. The lowest BCUT2D eigenvalue weighted by Crippen LogP contribution is -2.23. The molecule has 0 fully saturated rings. The number of carbonyl (C=O) groups excluding carboxylic acids is 2. The highest BCUT2D eigenvalue weighted by atomic mass is 16.2. The first-order valence-electron chi connectivity index (χ1n) is 8.99. The Bertz CT molecular complexity index is 1000. The van der Waals surface area contributed by atoms with Gasteiger partial charge in [-0.3, -0.25) is 9.59 Å². The minimum Gasteiger partial charge on any atom is -0.338 e. The summed E-state index contributed by atoms with van der Waals surface area (Å²) < 4.78 is 0. The van der Waals surface area contributed by atoms with Crippen molar-refractivity contribution in [1.82, 2.24) is 9.97 Å². The van der Waals surface area contributed by atoms with Crippen LogP contribution in [0.2, 0.25) is 0 Å². The lowest BCUT2D eigenvalue weighted by Gasteiger charge is -2.17. The van der Waals surface area contributed by atoms with E-state index in [0.717, 1.165) is 47.4 Å². The third-order valence-electron chi connectivity index (χ3n) is 4.77. The van der Waals surface area contributed by atoms with Gasteiger partial charge in [-0.2, -0.15) is 0 Å². The molecule has 2 aromatic carbocycles. The second-order valence-electron chi connectivity index (χ2n) is 6.63. The molecule has 0 spiro atoms. The zero-order valence-electron chi connectivity index (χ0n) is 14.7. The van der Waals surface area contributed by atoms with Gasteiger partial charge in [-0.25, -0.2) is 4.98 Å². The van der Waals surface area contributed by atoms with Crippen molar-refractivity contribution in [2.45, 2.75) is 19.3 Å². The van der Waals surface area contributed by atoms with E-state index in [0.29, 0.717) is 12.1 Å². The molecule has 136 valence electrons. The maximum Gasteiger partial charge on any atom is 0.227 e. The van der Waals surface area contributed by atoms with Crippen LogP contribution >= 0.6 is 0 Å². The summed E-state index contributed by atoms with van der Waals surface area (Å²) in [6.45, 7) is 0. The van der Waals surface area contributed by atoms with Crippen LogP contribution in [0.25, 0.3) is 22.4 Å². The molecule has 3 aromatic rings. The molecule has 0 aliphatic heterocycles. The molecular weight excluding hydrogens is 340 g/mol. The Hall–Kier alpha value is -3.41. The molecule has 1 heterocycles. The minimum atomic E-state index is 0.0548. The lowest BCUT2D eigenvalue weighted by atomic mass is 9.93. The zero-order chi connectivity index (χ0) is 18.6. The number of H-pyrrole nitrogens is 1. The van der Waals surface area contributed by atoms with Crippen LogP contribution < -0.4 is 10.6 Å². The van der Waals surface area contributed by atoms with Gasteiger partial charge in [-0.15, -0.1) is 0 Å². The predicted molar refractivity (Wildman–Crippen MR) is 106 cm³/mol. The average Bonchev–Trinajstić information content (AvgIpc) is 3.13. The van der Waals surface area contributed by atoms with Gasteiger partial charge in [0.25, 0.3) is 0 Å². The molecule has 6 nitrogen and oxygen atoms in total. The van der Waals surface area contributed by atoms with Gasteiger partial charge < -0.3 is 15.6 Å². The van der Waals surface area contributed by atoms with E-state index in [1.807, 2.05) is 36.4 Å². The van der Waals surface area contributed by atoms with Gasteiger partial charge in [-0.1, -0.05) is 12.2 Å². The number of benzene rings is 2. The zero-order valence-corrected chi connectivity index (χ0v) is 14.7. The second kappa shape index (κ2) is 7.45. The molecule has 0 saturated heterocycles. The summed E-state index contributed by atoms with van der Waals surface area (Å²) in [6, 6.07) is 13.1. The van der Waals surface area contributed by atoms with E-state index in [1.165, 1.54) is 0 Å². The Morgan fingerprint density at radius 1 is 1.11 bits per heavy atom. The number of amides is 2. The van der Waals surface area contributed by atoms with Crippen molar-refractivity contribution in [3.05, 3.63) is 54.6 Å². The maximum absolute atomic E-state index is 12.3. The number of fused-ring (bicyclic) bond motifs is 1. The fraction of sp³-hybridized carbons (Fsp3) is 0.190. The van der Waals surface area contributed by atoms with E-state index < -0.39 is 0 Å². The van der Waals surface area contributed by atoms with Crippen LogP contribution in [-0.2, 0) is 9.59 Å². The molecule has 0 saturated carbocycles. The SMILES string of the molecule is O=CNc1ccc2nc(-c3ccc(NC(=O)C4CC=CCC4)cc3)[nH]c2c1. The highest BCUT2D eigenvalue weighted by molar-refractivity contribution is 5.93. The molecule has 27 heavy (non-hydrogen) atoms. The summed E-state index contributed by atoms with van der Waals surface area (Å²) in [4.78, 5) is 30.7.